The number of fused-ring (bicyclic) bond motifs is 2. The second-order valence-corrected chi connectivity index (χ2v) is 9.24. The Morgan fingerprint density at radius 1 is 1.09 bits per heavy atom. The van der Waals surface area contributed by atoms with E-state index in [9.17, 15) is 14.3 Å². The van der Waals surface area contributed by atoms with Crippen molar-refractivity contribution in [2.24, 2.45) is 0 Å². The lowest BCUT2D eigenvalue weighted by Gasteiger charge is -2.33. The van der Waals surface area contributed by atoms with Gasteiger partial charge in [-0.15, -0.1) is 0 Å². The van der Waals surface area contributed by atoms with E-state index in [0.29, 0.717) is 18.5 Å². The number of carboxylic acids is 1. The molecule has 0 fully saturated rings. The summed E-state index contributed by atoms with van der Waals surface area (Å²) >= 11 is 0. The first kappa shape index (κ1) is 23.1. The van der Waals surface area contributed by atoms with Crippen LogP contribution in [0.1, 0.15) is 57.9 Å². The zero-order valence-corrected chi connectivity index (χ0v) is 19.8. The van der Waals surface area contributed by atoms with Crippen molar-refractivity contribution in [2.45, 2.75) is 38.3 Å². The van der Waals surface area contributed by atoms with Gasteiger partial charge in [-0.25, -0.2) is 9.18 Å². The smallest absolute Gasteiger partial charge is 0.336 e. The van der Waals surface area contributed by atoms with E-state index in [1.54, 1.807) is 6.07 Å². The first-order valence-electron chi connectivity index (χ1n) is 11.9. The van der Waals surface area contributed by atoms with Crippen molar-refractivity contribution in [3.63, 3.8) is 0 Å². The normalized spacial score (nSPS) is 18.0. The van der Waals surface area contributed by atoms with Crippen LogP contribution in [0.5, 0.6) is 5.75 Å². The standard InChI is InChI=1S/C30H28FNO3/c1-18-26(30(33)34)14-21(15-28(18)31)27-16-22(35-29-13-6-5-11-25(27)29)17-32-19(2)23-12-7-9-20-8-3-4-10-24(20)23/h3-15,19,22,27,32H,16-17H2,1-2H3,(H,33,34)/t19-,22-,27+/m1/s1. The summed E-state index contributed by atoms with van der Waals surface area (Å²) < 4.78 is 21.0. The molecule has 0 aliphatic carbocycles. The van der Waals surface area contributed by atoms with E-state index in [4.69, 9.17) is 4.74 Å². The van der Waals surface area contributed by atoms with Crippen molar-refractivity contribution >= 4 is 16.7 Å². The van der Waals surface area contributed by atoms with E-state index >= 15 is 0 Å². The number of aromatic carboxylic acids is 1. The predicted octanol–water partition coefficient (Wildman–Crippen LogP) is 6.62. The van der Waals surface area contributed by atoms with Crippen molar-refractivity contribution in [3.05, 3.63) is 112 Å². The molecule has 0 saturated carbocycles. The maximum Gasteiger partial charge on any atom is 0.336 e. The molecule has 0 radical (unpaired) electrons. The van der Waals surface area contributed by atoms with Crippen LogP contribution < -0.4 is 10.1 Å². The third kappa shape index (κ3) is 4.52. The molecule has 5 heteroatoms. The summed E-state index contributed by atoms with van der Waals surface area (Å²) in [6, 6.07) is 25.6. The third-order valence-electron chi connectivity index (χ3n) is 7.03. The molecule has 1 heterocycles. The SMILES string of the molecule is Cc1c(F)cc([C@@H]2C[C@H](CN[C@H](C)c3cccc4ccccc34)Oc3ccccc32)cc1C(=O)O. The Bertz CT molecular complexity index is 1390. The number of rotatable bonds is 6. The van der Waals surface area contributed by atoms with Gasteiger partial charge in [0.2, 0.25) is 0 Å². The van der Waals surface area contributed by atoms with E-state index in [-0.39, 0.29) is 29.2 Å². The number of hydrogen-bond donors (Lipinski definition) is 2. The fourth-order valence-corrected chi connectivity index (χ4v) is 5.10. The molecule has 0 unspecified atom stereocenters. The van der Waals surface area contributed by atoms with Crippen LogP contribution in [0.4, 0.5) is 4.39 Å². The van der Waals surface area contributed by atoms with Gasteiger partial charge >= 0.3 is 5.97 Å². The molecule has 178 valence electrons. The first-order chi connectivity index (χ1) is 16.9. The number of ether oxygens (including phenoxy) is 1. The first-order valence-corrected chi connectivity index (χ1v) is 11.9. The summed E-state index contributed by atoms with van der Waals surface area (Å²) in [6.45, 7) is 4.25. The zero-order chi connectivity index (χ0) is 24.5. The molecule has 35 heavy (non-hydrogen) atoms. The minimum atomic E-state index is -1.12. The molecule has 1 aliphatic rings. The highest BCUT2D eigenvalue weighted by atomic mass is 19.1. The Labute approximate surface area is 204 Å². The van der Waals surface area contributed by atoms with E-state index in [1.807, 2.05) is 30.3 Å². The highest BCUT2D eigenvalue weighted by Gasteiger charge is 2.31. The molecular formula is C30H28FNO3. The van der Waals surface area contributed by atoms with Crippen LogP contribution in [-0.4, -0.2) is 23.7 Å². The van der Waals surface area contributed by atoms with Gasteiger partial charge in [0.05, 0.1) is 5.56 Å². The Hall–Kier alpha value is -3.70. The largest absolute Gasteiger partial charge is 0.489 e. The highest BCUT2D eigenvalue weighted by molar-refractivity contribution is 5.89. The molecule has 2 N–H and O–H groups in total. The van der Waals surface area contributed by atoms with Gasteiger partial charge in [0.15, 0.2) is 0 Å². The number of halogens is 1. The van der Waals surface area contributed by atoms with Crippen LogP contribution in [0, 0.1) is 12.7 Å². The number of carboxylic acid groups (broad SMARTS) is 1. The maximum absolute atomic E-state index is 14.7. The van der Waals surface area contributed by atoms with Gasteiger partial charge in [-0.05, 0) is 65.9 Å². The van der Waals surface area contributed by atoms with E-state index < -0.39 is 11.8 Å². The molecule has 0 saturated heterocycles. The van der Waals surface area contributed by atoms with Gasteiger partial charge in [-0.3, -0.25) is 0 Å². The van der Waals surface area contributed by atoms with Crippen LogP contribution in [0.3, 0.4) is 0 Å². The van der Waals surface area contributed by atoms with Gasteiger partial charge in [-0.1, -0.05) is 60.7 Å². The second kappa shape index (κ2) is 9.51. The minimum Gasteiger partial charge on any atom is -0.489 e. The van der Waals surface area contributed by atoms with Crippen LogP contribution in [-0.2, 0) is 0 Å². The predicted molar refractivity (Wildman–Crippen MR) is 136 cm³/mol. The summed E-state index contributed by atoms with van der Waals surface area (Å²) in [4.78, 5) is 11.7. The molecule has 0 aromatic heterocycles. The lowest BCUT2D eigenvalue weighted by Crippen LogP contribution is -2.37. The molecule has 5 rings (SSSR count). The monoisotopic (exact) mass is 469 g/mol. The van der Waals surface area contributed by atoms with Gasteiger partial charge in [0.1, 0.15) is 17.7 Å². The summed E-state index contributed by atoms with van der Waals surface area (Å²) in [5.41, 5.74) is 2.99. The van der Waals surface area contributed by atoms with Crippen LogP contribution >= 0.6 is 0 Å². The average Bonchev–Trinajstić information content (AvgIpc) is 2.87. The highest BCUT2D eigenvalue weighted by Crippen LogP contribution is 2.41. The molecule has 0 spiro atoms. The molecule has 4 aromatic carbocycles. The van der Waals surface area contributed by atoms with Crippen LogP contribution in [0.25, 0.3) is 10.8 Å². The Balaban J connectivity index is 1.41. The van der Waals surface area contributed by atoms with Crippen molar-refractivity contribution in [1.29, 1.82) is 0 Å². The lowest BCUT2D eigenvalue weighted by molar-refractivity contribution is 0.0695. The zero-order valence-electron chi connectivity index (χ0n) is 19.8. The molecule has 0 amide bonds. The second-order valence-electron chi connectivity index (χ2n) is 9.24. The van der Waals surface area contributed by atoms with Crippen LogP contribution in [0.2, 0.25) is 0 Å². The van der Waals surface area contributed by atoms with Gasteiger partial charge < -0.3 is 15.2 Å². The van der Waals surface area contributed by atoms with E-state index in [1.165, 1.54) is 29.3 Å². The van der Waals surface area contributed by atoms with Crippen molar-refractivity contribution in [1.82, 2.24) is 5.32 Å². The van der Waals surface area contributed by atoms with E-state index in [0.717, 1.165) is 11.3 Å². The van der Waals surface area contributed by atoms with Gasteiger partial charge in [0, 0.05) is 24.1 Å². The summed E-state index contributed by atoms with van der Waals surface area (Å²) in [6.07, 6.45) is 0.471. The minimum absolute atomic E-state index is 0.00299. The molecule has 4 aromatic rings. The van der Waals surface area contributed by atoms with E-state index in [2.05, 4.69) is 48.6 Å². The fraction of sp³-hybridized carbons (Fsp3) is 0.233. The van der Waals surface area contributed by atoms with Gasteiger partial charge in [0.25, 0.3) is 0 Å². The van der Waals surface area contributed by atoms with Crippen molar-refractivity contribution in [3.8, 4) is 5.75 Å². The number of benzene rings is 4. The van der Waals surface area contributed by atoms with Crippen molar-refractivity contribution in [2.75, 3.05) is 6.54 Å². The summed E-state index contributed by atoms with van der Waals surface area (Å²) in [5, 5.41) is 15.6. The summed E-state index contributed by atoms with van der Waals surface area (Å²) in [7, 11) is 0. The van der Waals surface area contributed by atoms with Crippen molar-refractivity contribution < 1.29 is 19.0 Å². The number of para-hydroxylation sites is 1. The fourth-order valence-electron chi connectivity index (χ4n) is 5.10. The number of nitrogens with one attached hydrogen (secondary N) is 1. The number of hydrogen-bond acceptors (Lipinski definition) is 3. The molecular weight excluding hydrogens is 441 g/mol. The molecule has 3 atom stereocenters. The Morgan fingerprint density at radius 3 is 2.66 bits per heavy atom. The molecule has 4 nitrogen and oxygen atoms in total. The Morgan fingerprint density at radius 2 is 1.83 bits per heavy atom. The Kier molecular flexibility index (Phi) is 6.27. The topological polar surface area (TPSA) is 58.6 Å². The lowest BCUT2D eigenvalue weighted by atomic mass is 9.83. The average molecular weight is 470 g/mol. The van der Waals surface area contributed by atoms with Crippen LogP contribution in [0.15, 0.2) is 78.9 Å². The molecule has 0 bridgehead atoms. The quantitative estimate of drug-likeness (QED) is 0.333. The summed E-state index contributed by atoms with van der Waals surface area (Å²) in [5.74, 6) is -1.02. The third-order valence-corrected chi connectivity index (χ3v) is 7.03. The van der Waals surface area contributed by atoms with Gasteiger partial charge in [-0.2, -0.15) is 0 Å². The maximum atomic E-state index is 14.7. The number of carbonyl (C=O) groups is 1. The molecule has 1 aliphatic heterocycles.